The summed E-state index contributed by atoms with van der Waals surface area (Å²) in [6.45, 7) is -0.438. The Hall–Kier alpha value is -3.49. The summed E-state index contributed by atoms with van der Waals surface area (Å²) in [7, 11) is 3.37. The molecule has 0 aliphatic heterocycles. The van der Waals surface area contributed by atoms with Gasteiger partial charge in [0.1, 0.15) is 5.82 Å². The van der Waals surface area contributed by atoms with Crippen molar-refractivity contribution < 1.29 is 23.6 Å². The number of non-ortho nitro benzene ring substituents is 1. The van der Waals surface area contributed by atoms with Crippen molar-refractivity contribution in [2.75, 3.05) is 25.6 Å². The zero-order valence-electron chi connectivity index (χ0n) is 16.7. The van der Waals surface area contributed by atoms with Gasteiger partial charge in [0.2, 0.25) is 0 Å². The first-order chi connectivity index (χ1) is 14.3. The molecule has 2 aromatic rings. The van der Waals surface area contributed by atoms with Crippen LogP contribution in [0.25, 0.3) is 0 Å². The first kappa shape index (κ1) is 21.2. The Bertz CT molecular complexity index is 975. The standard InChI is InChI=1S/C21H22FN3O5/c1-23(2)19-10-9-16(25(28)29)11-17(19)21(27)30-13-20(26)24(15-7-8-15)12-14-5-3-4-6-18(14)22/h3-6,9-11,15H,7-8,12-13H2,1-2H3. The largest absolute Gasteiger partial charge is 0.452 e. The molecule has 158 valence electrons. The molecule has 1 saturated carbocycles. The summed E-state index contributed by atoms with van der Waals surface area (Å²) in [4.78, 5) is 38.8. The maximum absolute atomic E-state index is 14.0. The number of nitro groups is 1. The third kappa shape index (κ3) is 4.91. The van der Waals surface area contributed by atoms with Crippen molar-refractivity contribution in [3.8, 4) is 0 Å². The van der Waals surface area contributed by atoms with E-state index in [4.69, 9.17) is 4.74 Å². The van der Waals surface area contributed by atoms with Crippen LogP contribution in [0.15, 0.2) is 42.5 Å². The van der Waals surface area contributed by atoms with Gasteiger partial charge in [-0.3, -0.25) is 14.9 Å². The molecule has 0 unspecified atom stereocenters. The number of hydrogen-bond donors (Lipinski definition) is 0. The SMILES string of the molecule is CN(C)c1ccc([N+](=O)[O-])cc1C(=O)OCC(=O)N(Cc1ccccc1F)C1CC1. The molecule has 3 rings (SSSR count). The monoisotopic (exact) mass is 415 g/mol. The number of rotatable bonds is 8. The molecule has 0 atom stereocenters. The molecule has 0 saturated heterocycles. The second-order valence-corrected chi connectivity index (χ2v) is 7.27. The van der Waals surface area contributed by atoms with E-state index in [-0.39, 0.29) is 23.8 Å². The van der Waals surface area contributed by atoms with E-state index < -0.39 is 29.2 Å². The van der Waals surface area contributed by atoms with Gasteiger partial charge in [-0.15, -0.1) is 0 Å². The fraction of sp³-hybridized carbons (Fsp3) is 0.333. The van der Waals surface area contributed by atoms with Crippen molar-refractivity contribution in [1.29, 1.82) is 0 Å². The van der Waals surface area contributed by atoms with Gasteiger partial charge in [-0.2, -0.15) is 0 Å². The molecular formula is C21H22FN3O5. The molecule has 8 nitrogen and oxygen atoms in total. The van der Waals surface area contributed by atoms with E-state index in [1.165, 1.54) is 23.1 Å². The topological polar surface area (TPSA) is 93.0 Å². The molecule has 0 spiro atoms. The van der Waals surface area contributed by atoms with Crippen LogP contribution in [-0.2, 0) is 16.1 Å². The van der Waals surface area contributed by atoms with E-state index in [1.807, 2.05) is 0 Å². The van der Waals surface area contributed by atoms with Crippen molar-refractivity contribution in [2.24, 2.45) is 0 Å². The Balaban J connectivity index is 1.71. The molecule has 0 heterocycles. The van der Waals surface area contributed by atoms with Crippen LogP contribution in [0, 0.1) is 15.9 Å². The first-order valence-corrected chi connectivity index (χ1v) is 9.43. The molecule has 1 fully saturated rings. The number of ether oxygens (including phenoxy) is 1. The molecule has 0 bridgehead atoms. The van der Waals surface area contributed by atoms with Gasteiger partial charge < -0.3 is 14.5 Å². The number of esters is 1. The van der Waals surface area contributed by atoms with Crippen molar-refractivity contribution >= 4 is 23.3 Å². The zero-order chi connectivity index (χ0) is 21.8. The lowest BCUT2D eigenvalue weighted by Gasteiger charge is -2.23. The lowest BCUT2D eigenvalue weighted by Crippen LogP contribution is -2.36. The number of hydrogen-bond acceptors (Lipinski definition) is 6. The van der Waals surface area contributed by atoms with Crippen LogP contribution in [0.1, 0.15) is 28.8 Å². The molecule has 0 radical (unpaired) electrons. The number of benzene rings is 2. The summed E-state index contributed by atoms with van der Waals surface area (Å²) in [5.74, 6) is -1.68. The van der Waals surface area contributed by atoms with E-state index >= 15 is 0 Å². The van der Waals surface area contributed by atoms with Crippen LogP contribution in [-0.4, -0.2) is 48.4 Å². The predicted molar refractivity (Wildman–Crippen MR) is 108 cm³/mol. The molecule has 30 heavy (non-hydrogen) atoms. The molecular weight excluding hydrogens is 393 g/mol. The van der Waals surface area contributed by atoms with Gasteiger partial charge in [0.15, 0.2) is 6.61 Å². The number of amides is 1. The summed E-state index contributed by atoms with van der Waals surface area (Å²) < 4.78 is 19.1. The summed E-state index contributed by atoms with van der Waals surface area (Å²) in [6.07, 6.45) is 1.62. The van der Waals surface area contributed by atoms with E-state index in [0.29, 0.717) is 11.3 Å². The second kappa shape index (κ2) is 8.89. The minimum Gasteiger partial charge on any atom is -0.452 e. The van der Waals surface area contributed by atoms with Gasteiger partial charge in [0.05, 0.1) is 16.2 Å². The molecule has 1 aliphatic carbocycles. The molecule has 1 amide bonds. The highest BCUT2D eigenvalue weighted by Crippen LogP contribution is 2.29. The van der Waals surface area contributed by atoms with Gasteiger partial charge in [0, 0.05) is 44.4 Å². The number of halogens is 1. The average molecular weight is 415 g/mol. The maximum Gasteiger partial charge on any atom is 0.341 e. The number of nitro benzene ring substituents is 1. The fourth-order valence-electron chi connectivity index (χ4n) is 3.10. The maximum atomic E-state index is 14.0. The zero-order valence-corrected chi connectivity index (χ0v) is 16.7. The van der Waals surface area contributed by atoms with E-state index in [1.54, 1.807) is 37.2 Å². The van der Waals surface area contributed by atoms with Gasteiger partial charge in [-0.05, 0) is 25.0 Å². The molecule has 0 aromatic heterocycles. The van der Waals surface area contributed by atoms with Crippen molar-refractivity contribution in [3.63, 3.8) is 0 Å². The molecule has 0 N–H and O–H groups in total. The smallest absolute Gasteiger partial charge is 0.341 e. The van der Waals surface area contributed by atoms with Gasteiger partial charge in [0.25, 0.3) is 11.6 Å². The third-order valence-electron chi connectivity index (χ3n) is 4.83. The summed E-state index contributed by atoms with van der Waals surface area (Å²) >= 11 is 0. The lowest BCUT2D eigenvalue weighted by molar-refractivity contribution is -0.384. The van der Waals surface area contributed by atoms with E-state index in [9.17, 15) is 24.1 Å². The highest BCUT2D eigenvalue weighted by atomic mass is 19.1. The molecule has 9 heteroatoms. The summed E-state index contributed by atoms with van der Waals surface area (Å²) in [5, 5.41) is 11.0. The highest BCUT2D eigenvalue weighted by Gasteiger charge is 2.33. The minimum absolute atomic E-state index is 0.00549. The predicted octanol–water partition coefficient (Wildman–Crippen LogP) is 3.15. The van der Waals surface area contributed by atoms with Gasteiger partial charge in [-0.1, -0.05) is 18.2 Å². The summed E-state index contributed by atoms with van der Waals surface area (Å²) in [6, 6.07) is 10.1. The Morgan fingerprint density at radius 2 is 1.90 bits per heavy atom. The third-order valence-corrected chi connectivity index (χ3v) is 4.83. The molecule has 1 aliphatic rings. The van der Waals surface area contributed by atoms with E-state index in [2.05, 4.69) is 0 Å². The van der Waals surface area contributed by atoms with Crippen LogP contribution in [0.3, 0.4) is 0 Å². The van der Waals surface area contributed by atoms with Crippen molar-refractivity contribution in [3.05, 3.63) is 69.5 Å². The number of carbonyl (C=O) groups is 2. The average Bonchev–Trinajstić information content (AvgIpc) is 3.55. The van der Waals surface area contributed by atoms with Crippen LogP contribution < -0.4 is 4.90 Å². The van der Waals surface area contributed by atoms with Crippen molar-refractivity contribution in [2.45, 2.75) is 25.4 Å². The van der Waals surface area contributed by atoms with Crippen LogP contribution in [0.5, 0.6) is 0 Å². The number of nitrogens with zero attached hydrogens (tertiary/aromatic N) is 3. The van der Waals surface area contributed by atoms with Gasteiger partial charge >= 0.3 is 5.97 Å². The van der Waals surface area contributed by atoms with Crippen LogP contribution >= 0.6 is 0 Å². The quantitative estimate of drug-likeness (QED) is 0.374. The van der Waals surface area contributed by atoms with Crippen LogP contribution in [0.4, 0.5) is 15.8 Å². The van der Waals surface area contributed by atoms with Crippen molar-refractivity contribution in [1.82, 2.24) is 4.90 Å². The van der Waals surface area contributed by atoms with Gasteiger partial charge in [-0.25, -0.2) is 9.18 Å². The molecule has 2 aromatic carbocycles. The Morgan fingerprint density at radius 1 is 1.20 bits per heavy atom. The second-order valence-electron chi connectivity index (χ2n) is 7.27. The fourth-order valence-corrected chi connectivity index (χ4v) is 3.10. The number of carbonyl (C=O) groups excluding carboxylic acids is 2. The van der Waals surface area contributed by atoms with E-state index in [0.717, 1.165) is 18.9 Å². The first-order valence-electron chi connectivity index (χ1n) is 9.43. The normalized spacial score (nSPS) is 12.9. The Morgan fingerprint density at radius 3 is 2.50 bits per heavy atom. The highest BCUT2D eigenvalue weighted by molar-refractivity contribution is 5.97. The summed E-state index contributed by atoms with van der Waals surface area (Å²) in [5.41, 5.74) is 0.563. The Kier molecular flexibility index (Phi) is 6.29. The lowest BCUT2D eigenvalue weighted by atomic mass is 10.1. The van der Waals surface area contributed by atoms with Crippen LogP contribution in [0.2, 0.25) is 0 Å². The minimum atomic E-state index is -0.836. The number of anilines is 1. The Labute approximate surface area is 173 Å².